The second kappa shape index (κ2) is 6.05. The Balaban J connectivity index is 1.67. The van der Waals surface area contributed by atoms with Crippen LogP contribution in [0.4, 0.5) is 5.69 Å². The second-order valence-corrected chi connectivity index (χ2v) is 5.44. The van der Waals surface area contributed by atoms with Crippen molar-refractivity contribution in [3.8, 4) is 11.4 Å². The SMILES string of the molecule is Cn1cnnc1-c1cccc(NCC2CCCNC2)c1. The number of nitrogens with one attached hydrogen (secondary N) is 2. The Morgan fingerprint density at radius 3 is 3.15 bits per heavy atom. The van der Waals surface area contributed by atoms with Crippen LogP contribution in [0.3, 0.4) is 0 Å². The summed E-state index contributed by atoms with van der Waals surface area (Å²) < 4.78 is 1.93. The lowest BCUT2D eigenvalue weighted by Gasteiger charge is -2.23. The fraction of sp³-hybridized carbons (Fsp3) is 0.467. The Morgan fingerprint density at radius 2 is 2.40 bits per heavy atom. The average molecular weight is 271 g/mol. The number of aryl methyl sites for hydroxylation is 1. The van der Waals surface area contributed by atoms with Crippen molar-refractivity contribution in [2.75, 3.05) is 25.0 Å². The molecule has 5 heteroatoms. The lowest BCUT2D eigenvalue weighted by atomic mass is 9.99. The molecule has 0 saturated carbocycles. The zero-order chi connectivity index (χ0) is 13.8. The van der Waals surface area contributed by atoms with Crippen LogP contribution in [-0.4, -0.2) is 34.4 Å². The van der Waals surface area contributed by atoms with Crippen LogP contribution < -0.4 is 10.6 Å². The topological polar surface area (TPSA) is 54.8 Å². The summed E-state index contributed by atoms with van der Waals surface area (Å²) in [5.41, 5.74) is 2.24. The Labute approximate surface area is 119 Å². The van der Waals surface area contributed by atoms with Crippen LogP contribution in [0.1, 0.15) is 12.8 Å². The van der Waals surface area contributed by atoms with Crippen molar-refractivity contribution in [2.45, 2.75) is 12.8 Å². The molecule has 1 saturated heterocycles. The van der Waals surface area contributed by atoms with E-state index >= 15 is 0 Å². The van der Waals surface area contributed by atoms with E-state index in [0.29, 0.717) is 0 Å². The van der Waals surface area contributed by atoms with Crippen molar-refractivity contribution in [2.24, 2.45) is 13.0 Å². The number of hydrogen-bond donors (Lipinski definition) is 2. The highest BCUT2D eigenvalue weighted by Crippen LogP contribution is 2.20. The van der Waals surface area contributed by atoms with E-state index in [4.69, 9.17) is 0 Å². The van der Waals surface area contributed by atoms with Gasteiger partial charge in [0.1, 0.15) is 6.33 Å². The van der Waals surface area contributed by atoms with Gasteiger partial charge in [-0.3, -0.25) is 0 Å². The average Bonchev–Trinajstić information content (AvgIpc) is 2.93. The fourth-order valence-corrected chi connectivity index (χ4v) is 2.67. The molecule has 1 aromatic carbocycles. The van der Waals surface area contributed by atoms with Gasteiger partial charge in [0.25, 0.3) is 0 Å². The van der Waals surface area contributed by atoms with E-state index in [9.17, 15) is 0 Å². The van der Waals surface area contributed by atoms with Crippen molar-refractivity contribution in [3.63, 3.8) is 0 Å². The molecule has 20 heavy (non-hydrogen) atoms. The maximum absolute atomic E-state index is 4.15. The van der Waals surface area contributed by atoms with Gasteiger partial charge < -0.3 is 15.2 Å². The Kier molecular flexibility index (Phi) is 3.97. The summed E-state index contributed by atoms with van der Waals surface area (Å²) in [5, 5.41) is 15.1. The quantitative estimate of drug-likeness (QED) is 0.891. The van der Waals surface area contributed by atoms with Crippen LogP contribution in [0.15, 0.2) is 30.6 Å². The highest BCUT2D eigenvalue weighted by molar-refractivity contribution is 5.62. The molecule has 3 rings (SSSR count). The molecule has 106 valence electrons. The maximum Gasteiger partial charge on any atom is 0.163 e. The zero-order valence-electron chi connectivity index (χ0n) is 11.8. The monoisotopic (exact) mass is 271 g/mol. The molecule has 2 aromatic rings. The number of piperidine rings is 1. The minimum absolute atomic E-state index is 0.724. The third-order valence-corrected chi connectivity index (χ3v) is 3.83. The van der Waals surface area contributed by atoms with Crippen LogP contribution in [0, 0.1) is 5.92 Å². The van der Waals surface area contributed by atoms with Gasteiger partial charge in [0, 0.05) is 24.8 Å². The van der Waals surface area contributed by atoms with Crippen molar-refractivity contribution >= 4 is 5.69 Å². The highest BCUT2D eigenvalue weighted by Gasteiger charge is 2.12. The van der Waals surface area contributed by atoms with Gasteiger partial charge in [0.05, 0.1) is 0 Å². The molecule has 1 fully saturated rings. The van der Waals surface area contributed by atoms with Gasteiger partial charge in [-0.25, -0.2) is 0 Å². The summed E-state index contributed by atoms with van der Waals surface area (Å²) >= 11 is 0. The molecule has 2 heterocycles. The van der Waals surface area contributed by atoms with Crippen LogP contribution in [0.2, 0.25) is 0 Å². The van der Waals surface area contributed by atoms with Crippen molar-refractivity contribution in [1.82, 2.24) is 20.1 Å². The normalized spacial score (nSPS) is 18.9. The van der Waals surface area contributed by atoms with E-state index < -0.39 is 0 Å². The number of nitrogens with zero attached hydrogens (tertiary/aromatic N) is 3. The summed E-state index contributed by atoms with van der Waals surface area (Å²) in [6.07, 6.45) is 4.32. The lowest BCUT2D eigenvalue weighted by Crippen LogP contribution is -2.33. The molecule has 0 amide bonds. The van der Waals surface area contributed by atoms with E-state index in [-0.39, 0.29) is 0 Å². The predicted molar refractivity (Wildman–Crippen MR) is 80.5 cm³/mol. The Hall–Kier alpha value is -1.88. The first-order valence-corrected chi connectivity index (χ1v) is 7.22. The van der Waals surface area contributed by atoms with Gasteiger partial charge in [0.15, 0.2) is 5.82 Å². The first kappa shape index (κ1) is 13.1. The standard InChI is InChI=1S/C15H21N5/c1-20-11-18-19-15(20)13-5-2-6-14(8-13)17-10-12-4-3-7-16-9-12/h2,5-6,8,11-12,16-17H,3-4,7,9-10H2,1H3. The minimum Gasteiger partial charge on any atom is -0.385 e. The fourth-order valence-electron chi connectivity index (χ4n) is 2.67. The minimum atomic E-state index is 0.724. The number of hydrogen-bond acceptors (Lipinski definition) is 4. The lowest BCUT2D eigenvalue weighted by molar-refractivity contribution is 0.393. The number of anilines is 1. The summed E-state index contributed by atoms with van der Waals surface area (Å²) in [7, 11) is 1.96. The molecule has 1 atom stereocenters. The number of aromatic nitrogens is 3. The Bertz CT molecular complexity index is 557. The molecule has 0 aliphatic carbocycles. The van der Waals surface area contributed by atoms with Gasteiger partial charge in [-0.2, -0.15) is 0 Å². The molecule has 2 N–H and O–H groups in total. The molecule has 0 spiro atoms. The van der Waals surface area contributed by atoms with Crippen LogP contribution in [0.5, 0.6) is 0 Å². The van der Waals surface area contributed by atoms with E-state index in [1.54, 1.807) is 6.33 Å². The Morgan fingerprint density at radius 1 is 1.45 bits per heavy atom. The molecule has 1 aromatic heterocycles. The third kappa shape index (κ3) is 2.99. The third-order valence-electron chi connectivity index (χ3n) is 3.83. The molecule has 5 nitrogen and oxygen atoms in total. The van der Waals surface area contributed by atoms with Gasteiger partial charge in [-0.1, -0.05) is 12.1 Å². The molecule has 0 radical (unpaired) electrons. The van der Waals surface area contributed by atoms with Gasteiger partial charge >= 0.3 is 0 Å². The summed E-state index contributed by atoms with van der Waals surface area (Å²) in [6, 6.07) is 8.37. The summed E-state index contributed by atoms with van der Waals surface area (Å²) in [5.74, 6) is 1.62. The van der Waals surface area contributed by atoms with Gasteiger partial charge in [0.2, 0.25) is 0 Å². The van der Waals surface area contributed by atoms with Crippen LogP contribution >= 0.6 is 0 Å². The highest BCUT2D eigenvalue weighted by atomic mass is 15.2. The molecule has 0 bridgehead atoms. The van der Waals surface area contributed by atoms with Crippen molar-refractivity contribution in [1.29, 1.82) is 0 Å². The van der Waals surface area contributed by atoms with E-state index in [0.717, 1.165) is 42.6 Å². The summed E-state index contributed by atoms with van der Waals surface area (Å²) in [6.45, 7) is 3.31. The van der Waals surface area contributed by atoms with Crippen LogP contribution in [0.25, 0.3) is 11.4 Å². The van der Waals surface area contributed by atoms with Crippen molar-refractivity contribution in [3.05, 3.63) is 30.6 Å². The largest absolute Gasteiger partial charge is 0.385 e. The van der Waals surface area contributed by atoms with Crippen molar-refractivity contribution < 1.29 is 0 Å². The molecule has 1 unspecified atom stereocenters. The second-order valence-electron chi connectivity index (χ2n) is 5.44. The molecular formula is C15H21N5. The van der Waals surface area contributed by atoms with E-state index in [1.807, 2.05) is 11.6 Å². The molecular weight excluding hydrogens is 250 g/mol. The smallest absolute Gasteiger partial charge is 0.163 e. The van der Waals surface area contributed by atoms with Crippen LogP contribution in [-0.2, 0) is 7.05 Å². The van der Waals surface area contributed by atoms with Gasteiger partial charge in [-0.15, -0.1) is 10.2 Å². The van der Waals surface area contributed by atoms with Gasteiger partial charge in [-0.05, 0) is 44.0 Å². The molecule has 1 aliphatic heterocycles. The summed E-state index contributed by atoms with van der Waals surface area (Å²) in [4.78, 5) is 0. The first-order valence-electron chi connectivity index (χ1n) is 7.22. The molecule has 1 aliphatic rings. The number of rotatable bonds is 4. The first-order chi connectivity index (χ1) is 9.83. The van der Waals surface area contributed by atoms with E-state index in [2.05, 4.69) is 45.1 Å². The number of benzene rings is 1. The van der Waals surface area contributed by atoms with E-state index in [1.165, 1.54) is 12.8 Å². The maximum atomic E-state index is 4.15. The predicted octanol–water partition coefficient (Wildman–Crippen LogP) is 1.89. The zero-order valence-corrected chi connectivity index (χ0v) is 11.8.